The Morgan fingerprint density at radius 1 is 1.00 bits per heavy atom. The Bertz CT molecular complexity index is 357. The van der Waals surface area contributed by atoms with Gasteiger partial charge in [0.25, 0.3) is 0 Å². The van der Waals surface area contributed by atoms with E-state index in [1.54, 1.807) is 6.07 Å². The quantitative estimate of drug-likeness (QED) is 0.604. The second kappa shape index (κ2) is 3.83. The molecular formula is C11H12F3N. The standard InChI is InChI=1S/C11H12F3N/c12-11(13,14)10-7-6-8-4-2-1-3-5-9(8)15-10/h6-7H,1-5H2. The second-order valence-corrected chi connectivity index (χ2v) is 3.86. The zero-order valence-corrected chi connectivity index (χ0v) is 8.27. The van der Waals surface area contributed by atoms with E-state index < -0.39 is 11.9 Å². The van der Waals surface area contributed by atoms with Crippen molar-refractivity contribution in [2.45, 2.75) is 38.3 Å². The van der Waals surface area contributed by atoms with Gasteiger partial charge < -0.3 is 0 Å². The van der Waals surface area contributed by atoms with Crippen molar-refractivity contribution in [1.82, 2.24) is 4.98 Å². The molecule has 0 fully saturated rings. The molecule has 0 amide bonds. The van der Waals surface area contributed by atoms with Crippen molar-refractivity contribution >= 4 is 0 Å². The van der Waals surface area contributed by atoms with Crippen molar-refractivity contribution < 1.29 is 13.2 Å². The van der Waals surface area contributed by atoms with Crippen LogP contribution in [0.5, 0.6) is 0 Å². The lowest BCUT2D eigenvalue weighted by Crippen LogP contribution is -2.10. The summed E-state index contributed by atoms with van der Waals surface area (Å²) in [6, 6.07) is 2.67. The summed E-state index contributed by atoms with van der Waals surface area (Å²) in [4.78, 5) is 3.72. The minimum atomic E-state index is -4.32. The molecule has 0 unspecified atom stereocenters. The van der Waals surface area contributed by atoms with Gasteiger partial charge in [0.2, 0.25) is 0 Å². The molecular weight excluding hydrogens is 203 g/mol. The van der Waals surface area contributed by atoms with E-state index in [2.05, 4.69) is 4.98 Å². The average molecular weight is 215 g/mol. The molecule has 1 nitrogen and oxygen atoms in total. The number of nitrogens with zero attached hydrogens (tertiary/aromatic N) is 1. The Hall–Kier alpha value is -1.06. The molecule has 1 aliphatic rings. The van der Waals surface area contributed by atoms with E-state index in [4.69, 9.17) is 0 Å². The van der Waals surface area contributed by atoms with Gasteiger partial charge in [0.15, 0.2) is 0 Å². The Kier molecular flexibility index (Phi) is 2.67. The molecule has 0 bridgehead atoms. The first-order chi connectivity index (χ1) is 7.07. The summed E-state index contributed by atoms with van der Waals surface area (Å²) in [5.41, 5.74) is 0.867. The van der Waals surface area contributed by atoms with Crippen LogP contribution in [0.3, 0.4) is 0 Å². The van der Waals surface area contributed by atoms with Gasteiger partial charge in [-0.2, -0.15) is 13.2 Å². The van der Waals surface area contributed by atoms with Gasteiger partial charge in [-0.3, -0.25) is 0 Å². The lowest BCUT2D eigenvalue weighted by molar-refractivity contribution is -0.141. The molecule has 0 radical (unpaired) electrons. The van der Waals surface area contributed by atoms with Gasteiger partial charge in [-0.25, -0.2) is 4.98 Å². The Balaban J connectivity index is 2.36. The van der Waals surface area contributed by atoms with Crippen LogP contribution in [-0.2, 0) is 19.0 Å². The molecule has 0 aromatic carbocycles. The van der Waals surface area contributed by atoms with E-state index in [9.17, 15) is 13.2 Å². The number of rotatable bonds is 0. The maximum atomic E-state index is 12.4. The van der Waals surface area contributed by atoms with Crippen LogP contribution in [0.1, 0.15) is 36.2 Å². The summed E-state index contributed by atoms with van der Waals surface area (Å²) < 4.78 is 37.2. The highest BCUT2D eigenvalue weighted by atomic mass is 19.4. The highest BCUT2D eigenvalue weighted by molar-refractivity contribution is 5.25. The van der Waals surface area contributed by atoms with Crippen molar-refractivity contribution in [3.8, 4) is 0 Å². The van der Waals surface area contributed by atoms with Crippen molar-refractivity contribution in [3.63, 3.8) is 0 Å². The van der Waals surface area contributed by atoms with Crippen LogP contribution < -0.4 is 0 Å². The third-order valence-electron chi connectivity index (χ3n) is 2.72. The number of pyridine rings is 1. The van der Waals surface area contributed by atoms with Gasteiger partial charge in [0.1, 0.15) is 5.69 Å². The molecule has 0 saturated carbocycles. The molecule has 4 heteroatoms. The van der Waals surface area contributed by atoms with E-state index in [1.165, 1.54) is 0 Å². The summed E-state index contributed by atoms with van der Waals surface area (Å²) in [7, 11) is 0. The van der Waals surface area contributed by atoms with Crippen LogP contribution in [0.2, 0.25) is 0 Å². The van der Waals surface area contributed by atoms with Crippen molar-refractivity contribution in [2.75, 3.05) is 0 Å². The van der Waals surface area contributed by atoms with Gasteiger partial charge in [-0.05, 0) is 37.3 Å². The Morgan fingerprint density at radius 3 is 2.47 bits per heavy atom. The van der Waals surface area contributed by atoms with Crippen LogP contribution in [0, 0.1) is 0 Å². The first kappa shape index (κ1) is 10.5. The Morgan fingerprint density at radius 2 is 1.73 bits per heavy atom. The van der Waals surface area contributed by atoms with Crippen LogP contribution in [-0.4, -0.2) is 4.98 Å². The van der Waals surface area contributed by atoms with Gasteiger partial charge in [-0.1, -0.05) is 12.5 Å². The molecule has 1 aromatic rings. The number of fused-ring (bicyclic) bond motifs is 1. The number of halogens is 3. The minimum absolute atomic E-state index is 0.641. The molecule has 0 spiro atoms. The summed E-state index contributed by atoms with van der Waals surface area (Å²) in [5.74, 6) is 0. The molecule has 0 atom stereocenters. The van der Waals surface area contributed by atoms with Gasteiger partial charge in [-0.15, -0.1) is 0 Å². The third-order valence-corrected chi connectivity index (χ3v) is 2.72. The van der Waals surface area contributed by atoms with Crippen molar-refractivity contribution in [1.29, 1.82) is 0 Å². The predicted molar refractivity (Wildman–Crippen MR) is 50.5 cm³/mol. The first-order valence-electron chi connectivity index (χ1n) is 5.13. The number of aryl methyl sites for hydroxylation is 2. The van der Waals surface area contributed by atoms with Crippen LogP contribution in [0.15, 0.2) is 12.1 Å². The molecule has 0 N–H and O–H groups in total. The predicted octanol–water partition coefficient (Wildman–Crippen LogP) is 3.37. The van der Waals surface area contributed by atoms with Crippen LogP contribution >= 0.6 is 0 Å². The second-order valence-electron chi connectivity index (χ2n) is 3.86. The van der Waals surface area contributed by atoms with Crippen LogP contribution in [0.4, 0.5) is 13.2 Å². The molecule has 0 saturated heterocycles. The fourth-order valence-corrected chi connectivity index (χ4v) is 1.92. The normalized spacial score (nSPS) is 17.0. The highest BCUT2D eigenvalue weighted by Crippen LogP contribution is 2.29. The fourth-order valence-electron chi connectivity index (χ4n) is 1.92. The third kappa shape index (κ3) is 2.30. The number of alkyl halides is 3. The zero-order chi connectivity index (χ0) is 10.9. The van der Waals surface area contributed by atoms with Crippen molar-refractivity contribution in [2.24, 2.45) is 0 Å². The van der Waals surface area contributed by atoms with Gasteiger partial charge in [0.05, 0.1) is 0 Å². The molecule has 82 valence electrons. The summed E-state index contributed by atoms with van der Waals surface area (Å²) >= 11 is 0. The molecule has 1 aromatic heterocycles. The van der Waals surface area contributed by atoms with Crippen LogP contribution in [0.25, 0.3) is 0 Å². The number of aromatic nitrogens is 1. The maximum Gasteiger partial charge on any atom is 0.433 e. The van der Waals surface area contributed by atoms with Gasteiger partial charge >= 0.3 is 6.18 Å². The maximum absolute atomic E-state index is 12.4. The van der Waals surface area contributed by atoms with Gasteiger partial charge in [0, 0.05) is 5.69 Å². The minimum Gasteiger partial charge on any atom is -0.248 e. The summed E-state index contributed by atoms with van der Waals surface area (Å²) in [6.45, 7) is 0. The molecule has 2 rings (SSSR count). The van der Waals surface area contributed by atoms with Crippen molar-refractivity contribution in [3.05, 3.63) is 29.1 Å². The van der Waals surface area contributed by atoms with E-state index >= 15 is 0 Å². The SMILES string of the molecule is FC(F)(F)c1ccc2c(n1)CCCCC2. The number of hydrogen-bond acceptors (Lipinski definition) is 1. The molecule has 15 heavy (non-hydrogen) atoms. The molecule has 1 heterocycles. The van der Waals surface area contributed by atoms with E-state index in [1.807, 2.05) is 0 Å². The zero-order valence-electron chi connectivity index (χ0n) is 8.27. The average Bonchev–Trinajstić information content (AvgIpc) is 2.39. The van der Waals surface area contributed by atoms with E-state index in [0.717, 1.165) is 37.3 Å². The lowest BCUT2D eigenvalue weighted by Gasteiger charge is -2.09. The topological polar surface area (TPSA) is 12.9 Å². The van der Waals surface area contributed by atoms with E-state index in [-0.39, 0.29) is 0 Å². The molecule has 0 aliphatic heterocycles. The number of hydrogen-bond donors (Lipinski definition) is 0. The lowest BCUT2D eigenvalue weighted by atomic mass is 10.1. The smallest absolute Gasteiger partial charge is 0.248 e. The summed E-state index contributed by atoms with van der Waals surface area (Å²) in [6.07, 6.45) is 0.306. The first-order valence-corrected chi connectivity index (χ1v) is 5.13. The Labute approximate surface area is 86.3 Å². The molecule has 1 aliphatic carbocycles. The fraction of sp³-hybridized carbons (Fsp3) is 0.545. The largest absolute Gasteiger partial charge is 0.433 e. The van der Waals surface area contributed by atoms with E-state index in [0.29, 0.717) is 12.1 Å². The summed E-state index contributed by atoms with van der Waals surface area (Å²) in [5, 5.41) is 0. The monoisotopic (exact) mass is 215 g/mol. The highest BCUT2D eigenvalue weighted by Gasteiger charge is 2.32.